The van der Waals surface area contributed by atoms with Gasteiger partial charge in [0.15, 0.2) is 0 Å². The van der Waals surface area contributed by atoms with Gasteiger partial charge in [-0.3, -0.25) is 0 Å². The molecule has 0 radical (unpaired) electrons. The summed E-state index contributed by atoms with van der Waals surface area (Å²) in [5, 5.41) is 5.67. The second kappa shape index (κ2) is 5.07. The third-order valence-corrected chi connectivity index (χ3v) is 1.97. The van der Waals surface area contributed by atoms with Crippen molar-refractivity contribution in [1.82, 2.24) is 10.6 Å². The lowest BCUT2D eigenvalue weighted by molar-refractivity contribution is 0.158. The van der Waals surface area contributed by atoms with Crippen LogP contribution in [0.5, 0.6) is 0 Å². The molecule has 0 aromatic heterocycles. The minimum Gasteiger partial charge on any atom is -0.384 e. The second-order valence-corrected chi connectivity index (χ2v) is 3.69. The van der Waals surface area contributed by atoms with Crippen LogP contribution < -0.4 is 10.6 Å². The molecule has 1 rings (SSSR count). The number of amides is 2. The lowest BCUT2D eigenvalue weighted by Crippen LogP contribution is -2.39. The normalized spacial score (nSPS) is 18.0. The number of methoxy groups -OCH3 is 1. The Morgan fingerprint density at radius 2 is 2.31 bits per heavy atom. The first-order valence-corrected chi connectivity index (χ1v) is 4.75. The molecule has 13 heavy (non-hydrogen) atoms. The van der Waals surface area contributed by atoms with Crippen LogP contribution in [0.2, 0.25) is 0 Å². The number of nitrogens with one attached hydrogen (secondary N) is 2. The van der Waals surface area contributed by atoms with E-state index in [0.29, 0.717) is 25.1 Å². The van der Waals surface area contributed by atoms with Crippen LogP contribution in [-0.4, -0.2) is 32.3 Å². The number of carbonyl (C=O) groups excluding carboxylic acids is 1. The van der Waals surface area contributed by atoms with Gasteiger partial charge in [-0.15, -0.1) is 0 Å². The van der Waals surface area contributed by atoms with Gasteiger partial charge in [-0.2, -0.15) is 0 Å². The highest BCUT2D eigenvalue weighted by molar-refractivity contribution is 5.74. The zero-order chi connectivity index (χ0) is 9.68. The maximum atomic E-state index is 11.1. The molecule has 1 aliphatic rings. The highest BCUT2D eigenvalue weighted by Gasteiger charge is 2.22. The Bertz CT molecular complexity index is 169. The van der Waals surface area contributed by atoms with E-state index in [0.717, 1.165) is 12.8 Å². The summed E-state index contributed by atoms with van der Waals surface area (Å²) in [6.45, 7) is 3.40. The van der Waals surface area contributed by atoms with Crippen molar-refractivity contribution in [3.63, 3.8) is 0 Å². The summed E-state index contributed by atoms with van der Waals surface area (Å²) < 4.78 is 4.96. The standard InChI is InChI=1S/C9H18N2O2/c1-7(6-13-2)5-10-9(12)11-8-3-4-8/h7-8H,3-6H2,1-2H3,(H2,10,11,12). The van der Waals surface area contributed by atoms with E-state index in [9.17, 15) is 4.79 Å². The molecule has 0 saturated heterocycles. The van der Waals surface area contributed by atoms with Gasteiger partial charge in [0, 0.05) is 19.7 Å². The number of hydrogen-bond donors (Lipinski definition) is 2. The van der Waals surface area contributed by atoms with Crippen LogP contribution in [-0.2, 0) is 4.74 Å². The van der Waals surface area contributed by atoms with Crippen LogP contribution in [0.25, 0.3) is 0 Å². The third kappa shape index (κ3) is 4.72. The molecule has 0 spiro atoms. The lowest BCUT2D eigenvalue weighted by atomic mass is 10.2. The summed E-state index contributed by atoms with van der Waals surface area (Å²) in [6, 6.07) is 0.378. The van der Waals surface area contributed by atoms with E-state index in [-0.39, 0.29) is 6.03 Å². The highest BCUT2D eigenvalue weighted by atomic mass is 16.5. The molecule has 0 bridgehead atoms. The van der Waals surface area contributed by atoms with Crippen molar-refractivity contribution in [1.29, 1.82) is 0 Å². The van der Waals surface area contributed by atoms with E-state index in [2.05, 4.69) is 10.6 Å². The van der Waals surface area contributed by atoms with Crippen LogP contribution >= 0.6 is 0 Å². The van der Waals surface area contributed by atoms with Gasteiger partial charge in [-0.05, 0) is 18.8 Å². The Morgan fingerprint density at radius 3 is 2.85 bits per heavy atom. The van der Waals surface area contributed by atoms with E-state index in [4.69, 9.17) is 4.74 Å². The largest absolute Gasteiger partial charge is 0.384 e. The summed E-state index contributed by atoms with van der Waals surface area (Å²) in [5.74, 6) is 0.370. The number of carbonyl (C=O) groups is 1. The van der Waals surface area contributed by atoms with Crippen LogP contribution in [0.1, 0.15) is 19.8 Å². The molecule has 1 unspecified atom stereocenters. The van der Waals surface area contributed by atoms with E-state index < -0.39 is 0 Å². The minimum absolute atomic E-state index is 0.0505. The Hall–Kier alpha value is -0.770. The average Bonchev–Trinajstić information content (AvgIpc) is 2.85. The summed E-state index contributed by atoms with van der Waals surface area (Å²) in [7, 11) is 1.67. The SMILES string of the molecule is COCC(C)CNC(=O)NC1CC1. The van der Waals surface area contributed by atoms with Crippen LogP contribution in [0.4, 0.5) is 4.79 Å². The maximum absolute atomic E-state index is 11.1. The molecule has 0 aliphatic heterocycles. The van der Waals surface area contributed by atoms with Gasteiger partial charge in [0.2, 0.25) is 0 Å². The van der Waals surface area contributed by atoms with Crippen molar-refractivity contribution in [3.05, 3.63) is 0 Å². The van der Waals surface area contributed by atoms with E-state index in [1.165, 1.54) is 0 Å². The van der Waals surface area contributed by atoms with Gasteiger partial charge >= 0.3 is 6.03 Å². The predicted molar refractivity (Wildman–Crippen MR) is 50.6 cm³/mol. The van der Waals surface area contributed by atoms with Crippen molar-refractivity contribution >= 4 is 6.03 Å². The molecule has 76 valence electrons. The Morgan fingerprint density at radius 1 is 1.62 bits per heavy atom. The van der Waals surface area contributed by atoms with Gasteiger partial charge in [0.05, 0.1) is 6.61 Å². The molecular formula is C9H18N2O2. The third-order valence-electron chi connectivity index (χ3n) is 1.97. The quantitative estimate of drug-likeness (QED) is 0.665. The average molecular weight is 186 g/mol. The van der Waals surface area contributed by atoms with Gasteiger partial charge in [-0.1, -0.05) is 6.92 Å². The number of hydrogen-bond acceptors (Lipinski definition) is 2. The predicted octanol–water partition coefficient (Wildman–Crippen LogP) is 0.730. The monoisotopic (exact) mass is 186 g/mol. The zero-order valence-electron chi connectivity index (χ0n) is 8.30. The fourth-order valence-electron chi connectivity index (χ4n) is 1.07. The number of urea groups is 1. The van der Waals surface area contributed by atoms with Crippen molar-refractivity contribution in [2.24, 2.45) is 5.92 Å². The summed E-state index contributed by atoms with van der Waals surface area (Å²) in [4.78, 5) is 11.1. The Labute approximate surface area is 79.0 Å². The molecule has 0 aromatic carbocycles. The van der Waals surface area contributed by atoms with Gasteiger partial charge in [0.25, 0.3) is 0 Å². The maximum Gasteiger partial charge on any atom is 0.315 e. The fourth-order valence-corrected chi connectivity index (χ4v) is 1.07. The molecule has 0 aromatic rings. The van der Waals surface area contributed by atoms with Gasteiger partial charge < -0.3 is 15.4 Å². The van der Waals surface area contributed by atoms with Crippen LogP contribution in [0.3, 0.4) is 0 Å². The van der Waals surface area contributed by atoms with Crippen molar-refractivity contribution in [2.45, 2.75) is 25.8 Å². The van der Waals surface area contributed by atoms with Crippen molar-refractivity contribution in [3.8, 4) is 0 Å². The molecule has 1 saturated carbocycles. The smallest absolute Gasteiger partial charge is 0.315 e. The first-order valence-electron chi connectivity index (χ1n) is 4.75. The number of ether oxygens (including phenoxy) is 1. The molecular weight excluding hydrogens is 168 g/mol. The first-order chi connectivity index (χ1) is 6.22. The molecule has 1 atom stereocenters. The Kier molecular flexibility index (Phi) is 4.02. The summed E-state index contributed by atoms with van der Waals surface area (Å²) >= 11 is 0. The van der Waals surface area contributed by atoms with Crippen molar-refractivity contribution < 1.29 is 9.53 Å². The van der Waals surface area contributed by atoms with Gasteiger partial charge in [0.1, 0.15) is 0 Å². The minimum atomic E-state index is -0.0505. The summed E-state index contributed by atoms with van der Waals surface area (Å²) in [5.41, 5.74) is 0. The lowest BCUT2D eigenvalue weighted by Gasteiger charge is -2.11. The molecule has 2 amide bonds. The van der Waals surface area contributed by atoms with Crippen LogP contribution in [0.15, 0.2) is 0 Å². The topological polar surface area (TPSA) is 50.4 Å². The molecule has 0 heterocycles. The first kappa shape index (κ1) is 10.3. The van der Waals surface area contributed by atoms with Crippen molar-refractivity contribution in [2.75, 3.05) is 20.3 Å². The van der Waals surface area contributed by atoms with Crippen LogP contribution in [0, 0.1) is 5.92 Å². The van der Waals surface area contributed by atoms with E-state index in [1.807, 2.05) is 6.92 Å². The zero-order valence-corrected chi connectivity index (χ0v) is 8.30. The highest BCUT2D eigenvalue weighted by Crippen LogP contribution is 2.18. The fraction of sp³-hybridized carbons (Fsp3) is 0.889. The second-order valence-electron chi connectivity index (χ2n) is 3.69. The van der Waals surface area contributed by atoms with Gasteiger partial charge in [-0.25, -0.2) is 4.79 Å². The molecule has 2 N–H and O–H groups in total. The molecule has 4 nitrogen and oxygen atoms in total. The molecule has 4 heteroatoms. The molecule has 1 aliphatic carbocycles. The van der Waals surface area contributed by atoms with E-state index in [1.54, 1.807) is 7.11 Å². The number of rotatable bonds is 5. The van der Waals surface area contributed by atoms with E-state index >= 15 is 0 Å². The molecule has 1 fully saturated rings. The Balaban J connectivity index is 1.99. The summed E-state index contributed by atoms with van der Waals surface area (Å²) in [6.07, 6.45) is 2.25.